The number of ketones is 2. The first-order valence-corrected chi connectivity index (χ1v) is 10.9. The van der Waals surface area contributed by atoms with Gasteiger partial charge in [0.15, 0.2) is 0 Å². The van der Waals surface area contributed by atoms with Gasteiger partial charge in [-0.1, -0.05) is 12.8 Å². The lowest BCUT2D eigenvalue weighted by atomic mass is 9.91. The molecule has 186 valence electrons. The zero-order valence-corrected chi connectivity index (χ0v) is 20.3. The van der Waals surface area contributed by atoms with E-state index in [0.717, 1.165) is 0 Å². The van der Waals surface area contributed by atoms with Crippen molar-refractivity contribution in [1.29, 1.82) is 0 Å². The lowest BCUT2D eigenvalue weighted by Gasteiger charge is -2.29. The van der Waals surface area contributed by atoms with Crippen molar-refractivity contribution in [2.75, 3.05) is 55.4 Å². The number of likely N-dealkylation sites (N-methyl/N-ethyl adjacent to an activating group) is 2. The second kappa shape index (κ2) is 13.0. The van der Waals surface area contributed by atoms with Crippen LogP contribution in [0.4, 0.5) is 0 Å². The molecule has 0 aliphatic carbocycles. The standard InChI is InChI=1S/C22H40N2O8/c1-23(2,3)13-17(27)19(21(29)30)15(25)11-9-7-8-10-12-16(26)20(22(31)32)18(28)14-24(4,5)6/h17-20,27-28H,7-14H2,1-6H3/p+2. The van der Waals surface area contributed by atoms with Crippen molar-refractivity contribution in [3.05, 3.63) is 0 Å². The molecule has 0 aromatic rings. The van der Waals surface area contributed by atoms with Gasteiger partial charge in [-0.2, -0.15) is 0 Å². The molecule has 4 atom stereocenters. The molecule has 0 heterocycles. The number of rotatable bonds is 17. The minimum Gasteiger partial charge on any atom is -0.481 e. The van der Waals surface area contributed by atoms with Crippen LogP contribution >= 0.6 is 0 Å². The number of quaternary nitrogens is 2. The molecular formula is C22H42N2O8+2. The molecule has 0 saturated heterocycles. The molecule has 0 aromatic heterocycles. The van der Waals surface area contributed by atoms with Gasteiger partial charge in [-0.25, -0.2) is 0 Å². The summed E-state index contributed by atoms with van der Waals surface area (Å²) >= 11 is 0. The van der Waals surface area contributed by atoms with Crippen LogP contribution in [0, 0.1) is 11.8 Å². The smallest absolute Gasteiger partial charge is 0.316 e. The van der Waals surface area contributed by atoms with E-state index in [0.29, 0.717) is 34.6 Å². The van der Waals surface area contributed by atoms with Gasteiger partial charge in [0.1, 0.15) is 48.7 Å². The summed E-state index contributed by atoms with van der Waals surface area (Å²) < 4.78 is 0.653. The molecule has 0 bridgehead atoms. The highest BCUT2D eigenvalue weighted by molar-refractivity contribution is 5.99. The Morgan fingerprint density at radius 2 is 0.875 bits per heavy atom. The van der Waals surface area contributed by atoms with E-state index < -0.39 is 47.5 Å². The first-order valence-electron chi connectivity index (χ1n) is 10.9. The topological polar surface area (TPSA) is 149 Å². The minimum atomic E-state index is -1.46. The lowest BCUT2D eigenvalue weighted by Crippen LogP contribution is -2.48. The van der Waals surface area contributed by atoms with Gasteiger partial charge in [0.05, 0.1) is 42.3 Å². The van der Waals surface area contributed by atoms with Gasteiger partial charge in [0.25, 0.3) is 0 Å². The van der Waals surface area contributed by atoms with Crippen LogP contribution in [-0.2, 0) is 19.2 Å². The Labute approximate surface area is 190 Å². The first kappa shape index (κ1) is 30.1. The molecule has 4 unspecified atom stereocenters. The highest BCUT2D eigenvalue weighted by atomic mass is 16.4. The van der Waals surface area contributed by atoms with Gasteiger partial charge in [-0.15, -0.1) is 0 Å². The summed E-state index contributed by atoms with van der Waals surface area (Å²) in [5.74, 6) is -6.66. The molecule has 10 nitrogen and oxygen atoms in total. The number of aliphatic hydroxyl groups excluding tert-OH is 2. The number of unbranched alkanes of at least 4 members (excludes halogenated alkanes) is 3. The van der Waals surface area contributed by atoms with Gasteiger partial charge in [-0.05, 0) is 12.8 Å². The van der Waals surface area contributed by atoms with Crippen LogP contribution in [0.15, 0.2) is 0 Å². The van der Waals surface area contributed by atoms with Crippen molar-refractivity contribution in [1.82, 2.24) is 0 Å². The summed E-state index contributed by atoms with van der Waals surface area (Å²) in [6.07, 6.45) is -0.558. The molecule has 0 amide bonds. The zero-order chi connectivity index (χ0) is 25.3. The van der Waals surface area contributed by atoms with Gasteiger partial charge in [0, 0.05) is 12.8 Å². The molecule has 0 rings (SSSR count). The van der Waals surface area contributed by atoms with Gasteiger partial charge in [0.2, 0.25) is 0 Å². The van der Waals surface area contributed by atoms with Crippen molar-refractivity contribution in [2.45, 2.75) is 50.7 Å². The number of carboxylic acid groups (broad SMARTS) is 2. The van der Waals surface area contributed by atoms with E-state index in [1.54, 1.807) is 42.3 Å². The highest BCUT2D eigenvalue weighted by Gasteiger charge is 2.37. The van der Waals surface area contributed by atoms with Crippen LogP contribution in [0.5, 0.6) is 0 Å². The largest absolute Gasteiger partial charge is 0.481 e. The Balaban J connectivity index is 4.52. The Morgan fingerprint density at radius 3 is 1.09 bits per heavy atom. The fraction of sp³-hybridized carbons (Fsp3) is 0.818. The molecule has 0 fully saturated rings. The number of carbonyl (C=O) groups is 4. The molecule has 0 aliphatic rings. The summed E-state index contributed by atoms with van der Waals surface area (Å²) in [6, 6.07) is 0. The summed E-state index contributed by atoms with van der Waals surface area (Å²) in [4.78, 5) is 47.5. The Morgan fingerprint density at radius 1 is 0.594 bits per heavy atom. The maximum atomic E-state index is 12.3. The lowest BCUT2D eigenvalue weighted by molar-refractivity contribution is -0.873. The third-order valence-corrected chi connectivity index (χ3v) is 5.06. The van der Waals surface area contributed by atoms with Crippen LogP contribution < -0.4 is 0 Å². The second-order valence-corrected chi connectivity index (χ2v) is 10.6. The zero-order valence-electron chi connectivity index (χ0n) is 20.3. The number of hydrogen-bond acceptors (Lipinski definition) is 6. The van der Waals surface area contributed by atoms with E-state index in [1.807, 2.05) is 0 Å². The van der Waals surface area contributed by atoms with Crippen LogP contribution in [-0.4, -0.2) is 120 Å². The van der Waals surface area contributed by atoms with Gasteiger partial charge < -0.3 is 29.4 Å². The van der Waals surface area contributed by atoms with E-state index >= 15 is 0 Å². The highest BCUT2D eigenvalue weighted by Crippen LogP contribution is 2.17. The fourth-order valence-corrected chi connectivity index (χ4v) is 3.63. The maximum Gasteiger partial charge on any atom is 0.316 e. The quantitative estimate of drug-likeness (QED) is 0.134. The third kappa shape index (κ3) is 12.2. The Hall–Kier alpha value is -1.88. The summed E-state index contributed by atoms with van der Waals surface area (Å²) in [5, 5.41) is 39.0. The molecule has 10 heteroatoms. The van der Waals surface area contributed by atoms with E-state index in [1.165, 1.54) is 0 Å². The first-order chi connectivity index (χ1) is 14.5. The van der Waals surface area contributed by atoms with Crippen molar-refractivity contribution >= 4 is 23.5 Å². The number of aliphatic hydroxyl groups is 2. The number of aliphatic carboxylic acids is 2. The fourth-order valence-electron chi connectivity index (χ4n) is 3.63. The average Bonchev–Trinajstić information content (AvgIpc) is 2.53. The van der Waals surface area contributed by atoms with Crippen molar-refractivity contribution in [3.8, 4) is 0 Å². The monoisotopic (exact) mass is 462 g/mol. The van der Waals surface area contributed by atoms with Crippen LogP contribution in [0.2, 0.25) is 0 Å². The predicted molar refractivity (Wildman–Crippen MR) is 118 cm³/mol. The van der Waals surface area contributed by atoms with E-state index in [2.05, 4.69) is 0 Å². The van der Waals surface area contributed by atoms with E-state index in [4.69, 9.17) is 0 Å². The van der Waals surface area contributed by atoms with Crippen LogP contribution in [0.3, 0.4) is 0 Å². The number of carboxylic acids is 2. The molecule has 0 spiro atoms. The maximum absolute atomic E-state index is 12.3. The van der Waals surface area contributed by atoms with Crippen LogP contribution in [0.1, 0.15) is 38.5 Å². The molecule has 0 aliphatic heterocycles. The second-order valence-electron chi connectivity index (χ2n) is 10.6. The van der Waals surface area contributed by atoms with Crippen LogP contribution in [0.25, 0.3) is 0 Å². The summed E-state index contributed by atoms with van der Waals surface area (Å²) in [5.41, 5.74) is 0. The number of hydrogen-bond donors (Lipinski definition) is 4. The molecule has 32 heavy (non-hydrogen) atoms. The van der Waals surface area contributed by atoms with Crippen molar-refractivity contribution in [3.63, 3.8) is 0 Å². The minimum absolute atomic E-state index is 0.0130. The summed E-state index contributed by atoms with van der Waals surface area (Å²) in [7, 11) is 10.8. The van der Waals surface area contributed by atoms with Crippen molar-refractivity contribution in [2.24, 2.45) is 11.8 Å². The van der Waals surface area contributed by atoms with E-state index in [-0.39, 0.29) is 25.9 Å². The van der Waals surface area contributed by atoms with Gasteiger partial charge >= 0.3 is 11.9 Å². The number of carbonyl (C=O) groups excluding carboxylic acids is 2. The van der Waals surface area contributed by atoms with Gasteiger partial charge in [-0.3, -0.25) is 19.2 Å². The Bertz CT molecular complexity index is 595. The molecule has 0 saturated carbocycles. The third-order valence-electron chi connectivity index (χ3n) is 5.06. The average molecular weight is 463 g/mol. The molecule has 0 radical (unpaired) electrons. The van der Waals surface area contributed by atoms with Crippen molar-refractivity contribution < 1.29 is 48.6 Å². The molecular weight excluding hydrogens is 420 g/mol. The SMILES string of the molecule is C[N+](C)(C)CC(O)C(C(=O)O)C(=O)CCCCCCC(=O)C(C(=O)O)C(O)C[N+](C)(C)C. The molecule has 4 N–H and O–H groups in total. The molecule has 0 aromatic carbocycles. The number of Topliss-reactive ketones (excluding diaryl/α,β-unsaturated/α-hetero) is 2. The van der Waals surface area contributed by atoms with E-state index in [9.17, 15) is 39.6 Å². The summed E-state index contributed by atoms with van der Waals surface area (Å²) in [6.45, 7) is 0.269. The Kier molecular flexibility index (Phi) is 12.2. The normalized spacial score (nSPS) is 16.1. The number of nitrogens with zero attached hydrogens (tertiary/aromatic N) is 2. The predicted octanol–water partition coefficient (Wildman–Crippen LogP) is 0.00100.